The zero-order valence-electron chi connectivity index (χ0n) is 11.4. The molecule has 0 bridgehead atoms. The van der Waals surface area contributed by atoms with Crippen molar-refractivity contribution in [3.8, 4) is 0 Å². The van der Waals surface area contributed by atoms with E-state index < -0.39 is 0 Å². The second kappa shape index (κ2) is 7.01. The molecule has 1 aromatic carbocycles. The molecule has 0 radical (unpaired) electrons. The fourth-order valence-corrected chi connectivity index (χ4v) is 1.81. The number of benzene rings is 1. The van der Waals surface area contributed by atoms with Crippen LogP contribution in [0.3, 0.4) is 0 Å². The highest BCUT2D eigenvalue weighted by Gasteiger charge is 2.15. The molecular formula is C14H23N3O. The van der Waals surface area contributed by atoms with Crippen molar-refractivity contribution in [1.82, 2.24) is 4.90 Å². The average molecular weight is 249 g/mol. The molecule has 2 amide bonds. The minimum atomic E-state index is -0.0546. The van der Waals surface area contributed by atoms with Gasteiger partial charge < -0.3 is 16.0 Å². The monoisotopic (exact) mass is 249 g/mol. The number of hydrogen-bond donors (Lipinski definition) is 2. The van der Waals surface area contributed by atoms with Gasteiger partial charge in [0.2, 0.25) is 0 Å². The van der Waals surface area contributed by atoms with E-state index in [1.165, 1.54) is 0 Å². The van der Waals surface area contributed by atoms with E-state index in [1.54, 1.807) is 0 Å². The molecule has 18 heavy (non-hydrogen) atoms. The maximum atomic E-state index is 12.1. The molecule has 0 fully saturated rings. The molecule has 4 heteroatoms. The number of urea groups is 1. The Hall–Kier alpha value is -1.55. The Balaban J connectivity index is 2.72. The molecule has 1 rings (SSSR count). The third-order valence-electron chi connectivity index (χ3n) is 2.76. The van der Waals surface area contributed by atoms with Crippen LogP contribution in [0.25, 0.3) is 0 Å². The summed E-state index contributed by atoms with van der Waals surface area (Å²) in [5.41, 5.74) is 7.39. The maximum absolute atomic E-state index is 12.1. The van der Waals surface area contributed by atoms with Gasteiger partial charge in [-0.1, -0.05) is 19.1 Å². The Labute approximate surface area is 109 Å². The van der Waals surface area contributed by atoms with Crippen molar-refractivity contribution in [1.29, 1.82) is 0 Å². The topological polar surface area (TPSA) is 58.4 Å². The fraction of sp³-hybridized carbons (Fsp3) is 0.500. The van der Waals surface area contributed by atoms with E-state index in [0.29, 0.717) is 6.54 Å². The highest BCUT2D eigenvalue weighted by molar-refractivity contribution is 5.89. The SMILES string of the molecule is CCCN(C(=O)Nc1cccc(CN)c1)C(C)C. The zero-order valence-corrected chi connectivity index (χ0v) is 11.4. The summed E-state index contributed by atoms with van der Waals surface area (Å²) >= 11 is 0. The number of carbonyl (C=O) groups is 1. The third kappa shape index (κ3) is 4.04. The van der Waals surface area contributed by atoms with Crippen LogP contribution in [0.2, 0.25) is 0 Å². The summed E-state index contributed by atoms with van der Waals surface area (Å²) in [7, 11) is 0. The van der Waals surface area contributed by atoms with Crippen LogP contribution in [0.5, 0.6) is 0 Å². The van der Waals surface area contributed by atoms with Gasteiger partial charge in [-0.3, -0.25) is 0 Å². The molecule has 0 atom stereocenters. The van der Waals surface area contributed by atoms with Crippen LogP contribution in [0.1, 0.15) is 32.8 Å². The molecular weight excluding hydrogens is 226 g/mol. The van der Waals surface area contributed by atoms with Gasteiger partial charge in [-0.15, -0.1) is 0 Å². The fourth-order valence-electron chi connectivity index (χ4n) is 1.81. The lowest BCUT2D eigenvalue weighted by Crippen LogP contribution is -2.40. The lowest BCUT2D eigenvalue weighted by atomic mass is 10.2. The first-order valence-corrected chi connectivity index (χ1v) is 6.45. The summed E-state index contributed by atoms with van der Waals surface area (Å²) in [6.07, 6.45) is 0.953. The van der Waals surface area contributed by atoms with Gasteiger partial charge in [0.1, 0.15) is 0 Å². The molecule has 1 aromatic rings. The lowest BCUT2D eigenvalue weighted by molar-refractivity contribution is 0.197. The first kappa shape index (κ1) is 14.5. The highest BCUT2D eigenvalue weighted by atomic mass is 16.2. The van der Waals surface area contributed by atoms with Crippen molar-refractivity contribution in [2.24, 2.45) is 5.73 Å². The minimum Gasteiger partial charge on any atom is -0.326 e. The van der Waals surface area contributed by atoms with Crippen LogP contribution in [-0.2, 0) is 6.54 Å². The lowest BCUT2D eigenvalue weighted by Gasteiger charge is -2.26. The number of rotatable bonds is 5. The Morgan fingerprint density at radius 1 is 1.44 bits per heavy atom. The molecule has 0 saturated heterocycles. The Morgan fingerprint density at radius 3 is 2.72 bits per heavy atom. The predicted molar refractivity (Wildman–Crippen MR) is 75.5 cm³/mol. The molecule has 0 saturated carbocycles. The predicted octanol–water partition coefficient (Wildman–Crippen LogP) is 2.80. The summed E-state index contributed by atoms with van der Waals surface area (Å²) in [6, 6.07) is 7.77. The summed E-state index contributed by atoms with van der Waals surface area (Å²) < 4.78 is 0. The number of anilines is 1. The van der Waals surface area contributed by atoms with Crippen LogP contribution in [0, 0.1) is 0 Å². The van der Waals surface area contributed by atoms with E-state index in [2.05, 4.69) is 12.2 Å². The van der Waals surface area contributed by atoms with Crippen molar-refractivity contribution < 1.29 is 4.79 Å². The van der Waals surface area contributed by atoms with Crippen LogP contribution in [0.4, 0.5) is 10.5 Å². The molecule has 0 unspecified atom stereocenters. The van der Waals surface area contributed by atoms with Crippen LogP contribution < -0.4 is 11.1 Å². The smallest absolute Gasteiger partial charge is 0.322 e. The normalized spacial score (nSPS) is 10.5. The van der Waals surface area contributed by atoms with Gasteiger partial charge in [0.25, 0.3) is 0 Å². The third-order valence-corrected chi connectivity index (χ3v) is 2.76. The van der Waals surface area contributed by atoms with Crippen molar-refractivity contribution in [3.63, 3.8) is 0 Å². The minimum absolute atomic E-state index is 0.0546. The van der Waals surface area contributed by atoms with Gasteiger partial charge >= 0.3 is 6.03 Å². The quantitative estimate of drug-likeness (QED) is 0.843. The van der Waals surface area contributed by atoms with E-state index >= 15 is 0 Å². The van der Waals surface area contributed by atoms with Gasteiger partial charge in [0.15, 0.2) is 0 Å². The molecule has 3 N–H and O–H groups in total. The number of nitrogens with zero attached hydrogens (tertiary/aromatic N) is 1. The van der Waals surface area contributed by atoms with Gasteiger partial charge in [0.05, 0.1) is 0 Å². The van der Waals surface area contributed by atoms with Gasteiger partial charge in [-0.05, 0) is 38.0 Å². The molecule has 0 heterocycles. The summed E-state index contributed by atoms with van der Waals surface area (Å²) in [4.78, 5) is 14.0. The molecule has 0 aromatic heterocycles. The van der Waals surface area contributed by atoms with Gasteiger partial charge in [0, 0.05) is 24.8 Å². The van der Waals surface area contributed by atoms with E-state index in [1.807, 2.05) is 43.0 Å². The number of hydrogen-bond acceptors (Lipinski definition) is 2. The number of nitrogens with two attached hydrogens (primary N) is 1. The number of carbonyl (C=O) groups excluding carboxylic acids is 1. The largest absolute Gasteiger partial charge is 0.326 e. The molecule has 0 aliphatic rings. The van der Waals surface area contributed by atoms with Gasteiger partial charge in [-0.25, -0.2) is 4.79 Å². The highest BCUT2D eigenvalue weighted by Crippen LogP contribution is 2.12. The molecule has 100 valence electrons. The summed E-state index contributed by atoms with van der Waals surface area (Å²) in [6.45, 7) is 7.35. The van der Waals surface area contributed by atoms with Crippen LogP contribution in [-0.4, -0.2) is 23.5 Å². The van der Waals surface area contributed by atoms with E-state index in [9.17, 15) is 4.79 Å². The second-order valence-corrected chi connectivity index (χ2v) is 4.62. The molecule has 0 aliphatic heterocycles. The second-order valence-electron chi connectivity index (χ2n) is 4.62. The van der Waals surface area contributed by atoms with Gasteiger partial charge in [-0.2, -0.15) is 0 Å². The Bertz CT molecular complexity index is 390. The van der Waals surface area contributed by atoms with Crippen molar-refractivity contribution >= 4 is 11.7 Å². The maximum Gasteiger partial charge on any atom is 0.322 e. The van der Waals surface area contributed by atoms with Crippen molar-refractivity contribution in [2.45, 2.75) is 39.8 Å². The van der Waals surface area contributed by atoms with Crippen LogP contribution >= 0.6 is 0 Å². The average Bonchev–Trinajstić information content (AvgIpc) is 2.35. The van der Waals surface area contributed by atoms with E-state index in [-0.39, 0.29) is 12.1 Å². The first-order valence-electron chi connectivity index (χ1n) is 6.45. The zero-order chi connectivity index (χ0) is 13.5. The Morgan fingerprint density at radius 2 is 2.17 bits per heavy atom. The first-order chi connectivity index (χ1) is 8.58. The van der Waals surface area contributed by atoms with Crippen LogP contribution in [0.15, 0.2) is 24.3 Å². The summed E-state index contributed by atoms with van der Waals surface area (Å²) in [5, 5.41) is 2.91. The van der Waals surface area contributed by atoms with E-state index in [4.69, 9.17) is 5.73 Å². The molecule has 0 aliphatic carbocycles. The summed E-state index contributed by atoms with van der Waals surface area (Å²) in [5.74, 6) is 0. The molecule has 4 nitrogen and oxygen atoms in total. The van der Waals surface area contributed by atoms with Crippen molar-refractivity contribution in [3.05, 3.63) is 29.8 Å². The number of nitrogens with one attached hydrogen (secondary N) is 1. The Kier molecular flexibility index (Phi) is 5.65. The van der Waals surface area contributed by atoms with E-state index in [0.717, 1.165) is 24.2 Å². The standard InChI is InChI=1S/C14H23N3O/c1-4-8-17(11(2)3)14(18)16-13-7-5-6-12(9-13)10-15/h5-7,9,11H,4,8,10,15H2,1-3H3,(H,16,18). The molecule has 0 spiro atoms. The van der Waals surface area contributed by atoms with Crippen molar-refractivity contribution in [2.75, 3.05) is 11.9 Å². The number of amides is 2.